The van der Waals surface area contributed by atoms with Crippen LogP contribution in [0.25, 0.3) is 0 Å². The number of nitro groups is 1. The van der Waals surface area contributed by atoms with Crippen molar-refractivity contribution < 1.29 is 9.66 Å². The van der Waals surface area contributed by atoms with Gasteiger partial charge in [-0.15, -0.1) is 0 Å². The number of nitro benzene ring substituents is 1. The first-order valence-corrected chi connectivity index (χ1v) is 6.35. The van der Waals surface area contributed by atoms with Crippen LogP contribution in [0, 0.1) is 10.1 Å². The van der Waals surface area contributed by atoms with E-state index in [0.29, 0.717) is 23.4 Å². The zero-order valence-corrected chi connectivity index (χ0v) is 10.7. The van der Waals surface area contributed by atoms with Crippen LogP contribution in [0.1, 0.15) is 19.3 Å². The van der Waals surface area contributed by atoms with Crippen molar-refractivity contribution >= 4 is 17.3 Å². The second-order valence-electron chi connectivity index (χ2n) is 4.33. The summed E-state index contributed by atoms with van der Waals surface area (Å²) in [6.45, 7) is 1.48. The standard InChI is InChI=1S/C12H15ClN2O3/c13-11-5-4-10(15(16)17)7-12(11)18-8-9-3-1-2-6-14-9/h4-5,7,9,14H,1-3,6,8H2. The Kier molecular flexibility index (Phi) is 4.38. The summed E-state index contributed by atoms with van der Waals surface area (Å²) in [7, 11) is 0. The molecule has 18 heavy (non-hydrogen) atoms. The van der Waals surface area contributed by atoms with Gasteiger partial charge in [-0.1, -0.05) is 18.0 Å². The van der Waals surface area contributed by atoms with Crippen molar-refractivity contribution in [3.8, 4) is 5.75 Å². The minimum Gasteiger partial charge on any atom is -0.490 e. The molecule has 98 valence electrons. The summed E-state index contributed by atoms with van der Waals surface area (Å²) in [6, 6.07) is 4.52. The molecule has 1 heterocycles. The molecule has 1 N–H and O–H groups in total. The Morgan fingerprint density at radius 3 is 3.00 bits per heavy atom. The minimum absolute atomic E-state index is 0.00833. The van der Waals surface area contributed by atoms with Gasteiger partial charge in [0.05, 0.1) is 16.0 Å². The van der Waals surface area contributed by atoms with Crippen LogP contribution in [0.15, 0.2) is 18.2 Å². The SMILES string of the molecule is O=[N+]([O-])c1ccc(Cl)c(OCC2CCCCN2)c1. The molecule has 1 aromatic rings. The highest BCUT2D eigenvalue weighted by Gasteiger charge is 2.15. The fourth-order valence-electron chi connectivity index (χ4n) is 1.97. The first-order chi connectivity index (χ1) is 8.66. The molecule has 1 aromatic carbocycles. The first-order valence-electron chi connectivity index (χ1n) is 5.97. The fraction of sp³-hybridized carbons (Fsp3) is 0.500. The van der Waals surface area contributed by atoms with E-state index in [1.807, 2.05) is 0 Å². The predicted molar refractivity (Wildman–Crippen MR) is 69.2 cm³/mol. The average Bonchev–Trinajstić information content (AvgIpc) is 2.38. The van der Waals surface area contributed by atoms with Gasteiger partial charge in [0, 0.05) is 12.1 Å². The highest BCUT2D eigenvalue weighted by Crippen LogP contribution is 2.29. The Labute approximate surface area is 110 Å². The lowest BCUT2D eigenvalue weighted by Gasteiger charge is -2.23. The molecule has 6 heteroatoms. The maximum absolute atomic E-state index is 10.7. The van der Waals surface area contributed by atoms with E-state index in [9.17, 15) is 10.1 Å². The number of hydrogen-bond donors (Lipinski definition) is 1. The Bertz CT molecular complexity index is 433. The zero-order valence-electron chi connectivity index (χ0n) is 9.89. The van der Waals surface area contributed by atoms with Crippen molar-refractivity contribution in [3.05, 3.63) is 33.3 Å². The lowest BCUT2D eigenvalue weighted by atomic mass is 10.1. The highest BCUT2D eigenvalue weighted by atomic mass is 35.5. The van der Waals surface area contributed by atoms with Gasteiger partial charge in [0.1, 0.15) is 12.4 Å². The van der Waals surface area contributed by atoms with Crippen LogP contribution in [0.2, 0.25) is 5.02 Å². The summed E-state index contributed by atoms with van der Waals surface area (Å²) in [4.78, 5) is 10.2. The third-order valence-electron chi connectivity index (χ3n) is 2.98. The number of benzene rings is 1. The number of ether oxygens (including phenoxy) is 1. The van der Waals surface area contributed by atoms with E-state index < -0.39 is 4.92 Å². The topological polar surface area (TPSA) is 64.4 Å². The number of nitrogens with zero attached hydrogens (tertiary/aromatic N) is 1. The summed E-state index contributed by atoms with van der Waals surface area (Å²) in [5.41, 5.74) is -0.00833. The average molecular weight is 271 g/mol. The molecule has 0 amide bonds. The van der Waals surface area contributed by atoms with Gasteiger partial charge in [0.2, 0.25) is 0 Å². The largest absolute Gasteiger partial charge is 0.490 e. The summed E-state index contributed by atoms with van der Waals surface area (Å²) in [5, 5.41) is 14.4. The molecule has 2 rings (SSSR count). The Morgan fingerprint density at radius 1 is 1.50 bits per heavy atom. The third-order valence-corrected chi connectivity index (χ3v) is 3.29. The molecule has 5 nitrogen and oxygen atoms in total. The normalized spacial score (nSPS) is 19.5. The molecule has 1 unspecified atom stereocenters. The molecule has 0 saturated carbocycles. The third kappa shape index (κ3) is 3.34. The molecule has 1 saturated heterocycles. The lowest BCUT2D eigenvalue weighted by molar-refractivity contribution is -0.384. The van der Waals surface area contributed by atoms with Crippen LogP contribution in [0.5, 0.6) is 5.75 Å². The number of hydrogen-bond acceptors (Lipinski definition) is 4. The number of halogens is 1. The van der Waals surface area contributed by atoms with E-state index in [1.165, 1.54) is 31.0 Å². The second kappa shape index (κ2) is 6.02. The van der Waals surface area contributed by atoms with Crippen LogP contribution in [0.4, 0.5) is 5.69 Å². The second-order valence-corrected chi connectivity index (χ2v) is 4.74. The number of non-ortho nitro benzene ring substituents is 1. The Morgan fingerprint density at radius 2 is 2.33 bits per heavy atom. The number of nitrogens with one attached hydrogen (secondary N) is 1. The van der Waals surface area contributed by atoms with E-state index >= 15 is 0 Å². The van der Waals surface area contributed by atoms with E-state index in [4.69, 9.17) is 16.3 Å². The molecule has 0 aromatic heterocycles. The van der Waals surface area contributed by atoms with Gasteiger partial charge in [-0.2, -0.15) is 0 Å². The van der Waals surface area contributed by atoms with Crippen LogP contribution >= 0.6 is 11.6 Å². The number of rotatable bonds is 4. The van der Waals surface area contributed by atoms with Crippen LogP contribution in [-0.2, 0) is 0 Å². The van der Waals surface area contributed by atoms with Gasteiger partial charge in [-0.3, -0.25) is 10.1 Å². The molecule has 0 bridgehead atoms. The predicted octanol–water partition coefficient (Wildman–Crippen LogP) is 2.77. The van der Waals surface area contributed by atoms with Crippen molar-refractivity contribution in [2.75, 3.05) is 13.2 Å². The van der Waals surface area contributed by atoms with E-state index in [1.54, 1.807) is 0 Å². The molecule has 1 aliphatic heterocycles. The van der Waals surface area contributed by atoms with Crippen molar-refractivity contribution in [3.63, 3.8) is 0 Å². The molecule has 0 aliphatic carbocycles. The summed E-state index contributed by atoms with van der Waals surface area (Å²) in [6.07, 6.45) is 3.43. The molecular weight excluding hydrogens is 256 g/mol. The molecule has 0 spiro atoms. The monoisotopic (exact) mass is 270 g/mol. The van der Waals surface area contributed by atoms with E-state index in [-0.39, 0.29) is 5.69 Å². The van der Waals surface area contributed by atoms with Crippen molar-refractivity contribution in [2.45, 2.75) is 25.3 Å². The lowest BCUT2D eigenvalue weighted by Crippen LogP contribution is -2.38. The van der Waals surface area contributed by atoms with Gasteiger partial charge in [0.15, 0.2) is 0 Å². The van der Waals surface area contributed by atoms with E-state index in [2.05, 4.69) is 5.32 Å². The van der Waals surface area contributed by atoms with Crippen LogP contribution < -0.4 is 10.1 Å². The maximum Gasteiger partial charge on any atom is 0.273 e. The van der Waals surface area contributed by atoms with Crippen LogP contribution in [0.3, 0.4) is 0 Å². The summed E-state index contributed by atoms with van der Waals surface area (Å²) < 4.78 is 5.57. The van der Waals surface area contributed by atoms with Crippen molar-refractivity contribution in [2.24, 2.45) is 0 Å². The fourth-order valence-corrected chi connectivity index (χ4v) is 2.14. The summed E-state index contributed by atoms with van der Waals surface area (Å²) >= 11 is 5.95. The maximum atomic E-state index is 10.7. The molecular formula is C12H15ClN2O3. The quantitative estimate of drug-likeness (QED) is 0.675. The molecule has 1 aliphatic rings. The van der Waals surface area contributed by atoms with E-state index in [0.717, 1.165) is 13.0 Å². The first kappa shape index (κ1) is 13.1. The van der Waals surface area contributed by atoms with Crippen molar-refractivity contribution in [1.82, 2.24) is 5.32 Å². The molecule has 1 atom stereocenters. The highest BCUT2D eigenvalue weighted by molar-refractivity contribution is 6.32. The zero-order chi connectivity index (χ0) is 13.0. The molecule has 0 radical (unpaired) electrons. The van der Waals surface area contributed by atoms with Gasteiger partial charge >= 0.3 is 0 Å². The number of piperidine rings is 1. The minimum atomic E-state index is -0.456. The molecule has 1 fully saturated rings. The van der Waals surface area contributed by atoms with Gasteiger partial charge in [-0.25, -0.2) is 0 Å². The smallest absolute Gasteiger partial charge is 0.273 e. The van der Waals surface area contributed by atoms with Gasteiger partial charge in [0.25, 0.3) is 5.69 Å². The van der Waals surface area contributed by atoms with Gasteiger partial charge < -0.3 is 10.1 Å². The van der Waals surface area contributed by atoms with Crippen LogP contribution in [-0.4, -0.2) is 24.1 Å². The summed E-state index contributed by atoms with van der Waals surface area (Å²) in [5.74, 6) is 0.373. The Hall–Kier alpha value is -1.33. The Balaban J connectivity index is 1.99. The van der Waals surface area contributed by atoms with Crippen molar-refractivity contribution in [1.29, 1.82) is 0 Å². The van der Waals surface area contributed by atoms with Gasteiger partial charge in [-0.05, 0) is 25.5 Å².